The fourth-order valence-corrected chi connectivity index (χ4v) is 3.66. The molecule has 1 aromatic rings. The predicted molar refractivity (Wildman–Crippen MR) is 106 cm³/mol. The van der Waals surface area contributed by atoms with Gasteiger partial charge in [-0.1, -0.05) is 13.0 Å². The Bertz CT molecular complexity index is 619. The number of carbonyl (C=O) groups excluding carboxylic acids is 2. The monoisotopic (exact) mass is 380 g/mol. The third kappa shape index (κ3) is 4.68. The van der Waals surface area contributed by atoms with E-state index in [2.05, 4.69) is 17.6 Å². The maximum absolute atomic E-state index is 13.1. The van der Waals surface area contributed by atoms with Crippen LogP contribution in [0.1, 0.15) is 43.0 Å². The number of urea groups is 1. The van der Waals surface area contributed by atoms with Crippen molar-refractivity contribution >= 4 is 30.0 Å². The van der Waals surface area contributed by atoms with Gasteiger partial charge in [-0.25, -0.2) is 4.79 Å². The lowest BCUT2D eigenvalue weighted by molar-refractivity contribution is 0.0642. The van der Waals surface area contributed by atoms with Crippen molar-refractivity contribution in [2.24, 2.45) is 0 Å². The number of amides is 3. The van der Waals surface area contributed by atoms with Crippen LogP contribution in [0.5, 0.6) is 0 Å². The van der Waals surface area contributed by atoms with Gasteiger partial charge in [-0.05, 0) is 57.0 Å². The van der Waals surface area contributed by atoms with Crippen LogP contribution >= 0.6 is 12.4 Å². The van der Waals surface area contributed by atoms with E-state index >= 15 is 0 Å². The normalized spacial score (nSPS) is 18.0. The second-order valence-electron chi connectivity index (χ2n) is 6.77. The minimum atomic E-state index is -0.0837. The van der Waals surface area contributed by atoms with Gasteiger partial charge in [0.1, 0.15) is 0 Å². The molecule has 0 saturated carbocycles. The molecular formula is C19H29ClN4O2. The van der Waals surface area contributed by atoms with E-state index in [0.717, 1.165) is 51.0 Å². The fraction of sp³-hybridized carbons (Fsp3) is 0.579. The summed E-state index contributed by atoms with van der Waals surface area (Å²) in [5, 5.41) is 6.22. The Hall–Kier alpha value is -1.79. The minimum absolute atomic E-state index is 0. The van der Waals surface area contributed by atoms with Crippen LogP contribution in [0.2, 0.25) is 0 Å². The summed E-state index contributed by atoms with van der Waals surface area (Å²) in [4.78, 5) is 29.0. The highest BCUT2D eigenvalue weighted by atomic mass is 35.5. The van der Waals surface area contributed by atoms with Crippen molar-refractivity contribution < 1.29 is 9.59 Å². The summed E-state index contributed by atoms with van der Waals surface area (Å²) >= 11 is 0. The van der Waals surface area contributed by atoms with Gasteiger partial charge >= 0.3 is 6.03 Å². The second-order valence-corrected chi connectivity index (χ2v) is 6.77. The zero-order valence-electron chi connectivity index (χ0n) is 15.4. The number of carbonyl (C=O) groups is 2. The first-order valence-electron chi connectivity index (χ1n) is 9.38. The van der Waals surface area contributed by atoms with Gasteiger partial charge in [-0.2, -0.15) is 0 Å². The molecule has 2 N–H and O–H groups in total. The fourth-order valence-electron chi connectivity index (χ4n) is 3.66. The average Bonchev–Trinajstić information content (AvgIpc) is 2.67. The van der Waals surface area contributed by atoms with Crippen LogP contribution in [0.4, 0.5) is 10.5 Å². The van der Waals surface area contributed by atoms with E-state index < -0.39 is 0 Å². The molecule has 1 aromatic carbocycles. The summed E-state index contributed by atoms with van der Waals surface area (Å²) in [5.74, 6) is 0.0769. The quantitative estimate of drug-likeness (QED) is 0.825. The van der Waals surface area contributed by atoms with Crippen molar-refractivity contribution in [2.75, 3.05) is 37.6 Å². The highest BCUT2D eigenvalue weighted by molar-refractivity contribution is 5.98. The Labute approximate surface area is 161 Å². The van der Waals surface area contributed by atoms with Crippen LogP contribution in [0.3, 0.4) is 0 Å². The Kier molecular flexibility index (Phi) is 7.72. The van der Waals surface area contributed by atoms with Gasteiger partial charge in [0.2, 0.25) is 0 Å². The topological polar surface area (TPSA) is 64.7 Å². The number of nitrogens with one attached hydrogen (secondary N) is 2. The molecule has 6 nitrogen and oxygen atoms in total. The van der Waals surface area contributed by atoms with Crippen molar-refractivity contribution in [3.05, 3.63) is 29.8 Å². The van der Waals surface area contributed by atoms with Crippen LogP contribution in [0, 0.1) is 0 Å². The van der Waals surface area contributed by atoms with Crippen molar-refractivity contribution in [1.29, 1.82) is 0 Å². The van der Waals surface area contributed by atoms with E-state index in [1.807, 2.05) is 29.2 Å². The molecule has 2 fully saturated rings. The minimum Gasteiger partial charge on any atom is -0.338 e. The maximum Gasteiger partial charge on any atom is 0.321 e. The van der Waals surface area contributed by atoms with Gasteiger partial charge < -0.3 is 15.5 Å². The molecule has 0 aliphatic carbocycles. The van der Waals surface area contributed by atoms with Gasteiger partial charge in [-0.3, -0.25) is 9.69 Å². The lowest BCUT2D eigenvalue weighted by Crippen LogP contribution is -2.47. The average molecular weight is 381 g/mol. The molecular weight excluding hydrogens is 352 g/mol. The Balaban J connectivity index is 0.00000243. The molecule has 144 valence electrons. The molecule has 0 atom stereocenters. The molecule has 3 rings (SSSR count). The Morgan fingerprint density at radius 2 is 2.04 bits per heavy atom. The zero-order chi connectivity index (χ0) is 17.6. The zero-order valence-corrected chi connectivity index (χ0v) is 16.2. The first-order chi connectivity index (χ1) is 12.2. The van der Waals surface area contributed by atoms with Gasteiger partial charge in [0.15, 0.2) is 0 Å². The van der Waals surface area contributed by atoms with Crippen LogP contribution in [-0.2, 0) is 0 Å². The summed E-state index contributed by atoms with van der Waals surface area (Å²) in [6.07, 6.45) is 3.87. The molecule has 2 heterocycles. The Morgan fingerprint density at radius 1 is 1.27 bits per heavy atom. The predicted octanol–water partition coefficient (Wildman–Crippen LogP) is 2.63. The first kappa shape index (κ1) is 20.5. The molecule has 0 unspecified atom stereocenters. The molecule has 0 bridgehead atoms. The number of rotatable bonds is 5. The summed E-state index contributed by atoms with van der Waals surface area (Å²) < 4.78 is 0. The van der Waals surface area contributed by atoms with Crippen LogP contribution in [-0.4, -0.2) is 55.6 Å². The molecule has 0 aromatic heterocycles. The van der Waals surface area contributed by atoms with E-state index in [1.165, 1.54) is 0 Å². The number of anilines is 1. The number of hydrogen-bond acceptors (Lipinski definition) is 3. The van der Waals surface area contributed by atoms with Crippen molar-refractivity contribution in [1.82, 2.24) is 15.5 Å². The number of hydrogen-bond donors (Lipinski definition) is 2. The number of benzene rings is 1. The number of piperidine rings is 1. The molecule has 7 heteroatoms. The van der Waals surface area contributed by atoms with E-state index in [-0.39, 0.29) is 24.3 Å². The van der Waals surface area contributed by atoms with Crippen molar-refractivity contribution in [2.45, 2.75) is 38.6 Å². The van der Waals surface area contributed by atoms with Crippen molar-refractivity contribution in [3.63, 3.8) is 0 Å². The van der Waals surface area contributed by atoms with Crippen molar-refractivity contribution in [3.8, 4) is 0 Å². The molecule has 2 aliphatic heterocycles. The highest BCUT2D eigenvalue weighted by Gasteiger charge is 2.26. The lowest BCUT2D eigenvalue weighted by atomic mass is 10.0. The van der Waals surface area contributed by atoms with Crippen LogP contribution < -0.4 is 15.5 Å². The molecule has 2 saturated heterocycles. The maximum atomic E-state index is 13.1. The third-order valence-electron chi connectivity index (χ3n) is 4.96. The lowest BCUT2D eigenvalue weighted by Gasteiger charge is -2.35. The van der Waals surface area contributed by atoms with E-state index in [9.17, 15) is 9.59 Å². The first-order valence-corrected chi connectivity index (χ1v) is 9.38. The Morgan fingerprint density at radius 3 is 2.73 bits per heavy atom. The summed E-state index contributed by atoms with van der Waals surface area (Å²) in [5.41, 5.74) is 1.47. The smallest absolute Gasteiger partial charge is 0.321 e. The number of halogens is 1. The molecule has 26 heavy (non-hydrogen) atoms. The van der Waals surface area contributed by atoms with E-state index in [0.29, 0.717) is 24.7 Å². The second kappa shape index (κ2) is 9.78. The molecule has 0 radical (unpaired) electrons. The molecule has 0 spiro atoms. The van der Waals surface area contributed by atoms with E-state index in [1.54, 1.807) is 4.90 Å². The third-order valence-corrected chi connectivity index (χ3v) is 4.96. The van der Waals surface area contributed by atoms with Gasteiger partial charge in [0.25, 0.3) is 5.91 Å². The summed E-state index contributed by atoms with van der Waals surface area (Å²) in [7, 11) is 0. The summed E-state index contributed by atoms with van der Waals surface area (Å²) in [6.45, 7) is 6.22. The van der Waals surface area contributed by atoms with Gasteiger partial charge in [-0.15, -0.1) is 12.4 Å². The van der Waals surface area contributed by atoms with Gasteiger partial charge in [0, 0.05) is 36.9 Å². The summed E-state index contributed by atoms with van der Waals surface area (Å²) in [6, 6.07) is 7.71. The highest BCUT2D eigenvalue weighted by Crippen LogP contribution is 2.22. The molecule has 2 aliphatic rings. The van der Waals surface area contributed by atoms with Crippen LogP contribution in [0.25, 0.3) is 0 Å². The number of nitrogens with zero attached hydrogens (tertiary/aromatic N) is 2. The van der Waals surface area contributed by atoms with Crippen LogP contribution in [0.15, 0.2) is 24.3 Å². The largest absolute Gasteiger partial charge is 0.338 e. The molecule has 3 amide bonds. The standard InChI is InChI=1S/C19H28N4O2.ClH/c1-2-12-22(16-7-10-20-11-8-16)18(24)15-5-3-6-17(14-15)23-13-4-9-21-19(23)25;/h3,5-6,14,16,20H,2,4,7-13H2,1H3,(H,21,25);1H. The van der Waals surface area contributed by atoms with E-state index in [4.69, 9.17) is 0 Å². The van der Waals surface area contributed by atoms with Gasteiger partial charge in [0.05, 0.1) is 0 Å². The SMILES string of the molecule is CCCN(C(=O)c1cccc(N2CCCNC2=O)c1)C1CCNCC1.Cl.